The molecular formula is C14H12Cl3N3O. The van der Waals surface area contributed by atoms with Crippen molar-refractivity contribution in [1.29, 1.82) is 0 Å². The molecule has 0 saturated carbocycles. The zero-order valence-corrected chi connectivity index (χ0v) is 13.3. The molecule has 0 saturated heterocycles. The van der Waals surface area contributed by atoms with E-state index in [1.807, 2.05) is 6.92 Å². The predicted octanol–water partition coefficient (Wildman–Crippen LogP) is 4.49. The van der Waals surface area contributed by atoms with Crippen LogP contribution in [-0.4, -0.2) is 5.91 Å². The Morgan fingerprint density at radius 3 is 2.33 bits per heavy atom. The van der Waals surface area contributed by atoms with Gasteiger partial charge in [-0.1, -0.05) is 34.8 Å². The van der Waals surface area contributed by atoms with Crippen LogP contribution in [-0.2, 0) is 0 Å². The van der Waals surface area contributed by atoms with Crippen molar-refractivity contribution in [3.05, 3.63) is 56.5 Å². The van der Waals surface area contributed by atoms with Gasteiger partial charge in [0.15, 0.2) is 0 Å². The van der Waals surface area contributed by atoms with E-state index in [0.29, 0.717) is 26.3 Å². The van der Waals surface area contributed by atoms with Gasteiger partial charge >= 0.3 is 0 Å². The molecule has 0 radical (unpaired) electrons. The molecule has 2 aromatic carbocycles. The summed E-state index contributed by atoms with van der Waals surface area (Å²) in [6.45, 7) is 1.81. The molecule has 0 aliphatic rings. The first-order chi connectivity index (χ1) is 9.92. The fraction of sp³-hybridized carbons (Fsp3) is 0.0714. The van der Waals surface area contributed by atoms with Crippen LogP contribution in [0.3, 0.4) is 0 Å². The highest BCUT2D eigenvalue weighted by Gasteiger charge is 2.13. The SMILES string of the molecule is Cc1cc(NN)ccc1C(=O)Nc1cc(Cl)c(Cl)cc1Cl. The summed E-state index contributed by atoms with van der Waals surface area (Å²) in [5, 5.41) is 3.67. The van der Waals surface area contributed by atoms with Crippen molar-refractivity contribution in [3.8, 4) is 0 Å². The maximum absolute atomic E-state index is 12.3. The first kappa shape index (κ1) is 15.9. The third-order valence-corrected chi connectivity index (χ3v) is 3.93. The van der Waals surface area contributed by atoms with E-state index in [1.165, 1.54) is 12.1 Å². The van der Waals surface area contributed by atoms with Gasteiger partial charge in [0.1, 0.15) is 0 Å². The van der Waals surface area contributed by atoms with Gasteiger partial charge in [-0.25, -0.2) is 0 Å². The Bertz CT molecular complexity index is 704. The van der Waals surface area contributed by atoms with Crippen LogP contribution in [0.2, 0.25) is 15.1 Å². The Kier molecular flexibility index (Phi) is 4.96. The van der Waals surface area contributed by atoms with E-state index in [1.54, 1.807) is 18.2 Å². The number of hydrogen-bond donors (Lipinski definition) is 3. The molecule has 0 bridgehead atoms. The van der Waals surface area contributed by atoms with Gasteiger partial charge in [0, 0.05) is 11.3 Å². The summed E-state index contributed by atoms with van der Waals surface area (Å²) in [7, 11) is 0. The van der Waals surface area contributed by atoms with Gasteiger partial charge in [-0.15, -0.1) is 0 Å². The average molecular weight is 345 g/mol. The highest BCUT2D eigenvalue weighted by molar-refractivity contribution is 6.44. The smallest absolute Gasteiger partial charge is 0.255 e. The van der Waals surface area contributed by atoms with Gasteiger partial charge < -0.3 is 10.7 Å². The zero-order chi connectivity index (χ0) is 15.6. The van der Waals surface area contributed by atoms with Crippen LogP contribution < -0.4 is 16.6 Å². The van der Waals surface area contributed by atoms with Crippen LogP contribution >= 0.6 is 34.8 Å². The lowest BCUT2D eigenvalue weighted by Gasteiger charge is -2.11. The first-order valence-corrected chi connectivity index (χ1v) is 7.09. The number of nitrogen functional groups attached to an aromatic ring is 1. The molecule has 0 heterocycles. The maximum Gasteiger partial charge on any atom is 0.255 e. The van der Waals surface area contributed by atoms with Crippen molar-refractivity contribution in [1.82, 2.24) is 0 Å². The molecule has 0 atom stereocenters. The Labute approximate surface area is 137 Å². The van der Waals surface area contributed by atoms with Gasteiger partial charge in [0.05, 0.1) is 20.8 Å². The number of hydrogen-bond acceptors (Lipinski definition) is 3. The quantitative estimate of drug-likeness (QED) is 0.436. The lowest BCUT2D eigenvalue weighted by molar-refractivity contribution is 0.102. The van der Waals surface area contributed by atoms with Crippen LogP contribution in [0.25, 0.3) is 0 Å². The number of nitrogens with one attached hydrogen (secondary N) is 2. The fourth-order valence-electron chi connectivity index (χ4n) is 1.82. The van der Waals surface area contributed by atoms with E-state index in [9.17, 15) is 4.79 Å². The maximum atomic E-state index is 12.3. The van der Waals surface area contributed by atoms with Crippen LogP contribution in [0.1, 0.15) is 15.9 Å². The number of hydrazine groups is 1. The number of anilines is 2. The standard InChI is InChI=1S/C14H12Cl3N3O/c1-7-4-8(20-18)2-3-9(7)14(21)19-13-6-11(16)10(15)5-12(13)17/h2-6,20H,18H2,1H3,(H,19,21). The van der Waals surface area contributed by atoms with Crippen LogP contribution in [0, 0.1) is 6.92 Å². The lowest BCUT2D eigenvalue weighted by Crippen LogP contribution is -2.14. The van der Waals surface area contributed by atoms with Crippen molar-refractivity contribution in [2.24, 2.45) is 5.84 Å². The molecule has 7 heteroatoms. The summed E-state index contributed by atoms with van der Waals surface area (Å²) >= 11 is 17.8. The van der Waals surface area contributed by atoms with Crippen molar-refractivity contribution >= 4 is 52.1 Å². The molecule has 0 spiro atoms. The molecule has 0 aromatic heterocycles. The van der Waals surface area contributed by atoms with Gasteiger partial charge in [-0.3, -0.25) is 10.6 Å². The first-order valence-electron chi connectivity index (χ1n) is 5.95. The monoisotopic (exact) mass is 343 g/mol. The Morgan fingerprint density at radius 2 is 1.71 bits per heavy atom. The van der Waals surface area contributed by atoms with E-state index >= 15 is 0 Å². The summed E-state index contributed by atoms with van der Waals surface area (Å²) in [4.78, 5) is 12.3. The molecule has 2 rings (SSSR count). The van der Waals surface area contributed by atoms with E-state index in [0.717, 1.165) is 11.3 Å². The third kappa shape index (κ3) is 3.60. The minimum Gasteiger partial charge on any atom is -0.324 e. The number of benzene rings is 2. The molecule has 4 N–H and O–H groups in total. The minimum absolute atomic E-state index is 0.295. The molecule has 0 fully saturated rings. The third-order valence-electron chi connectivity index (χ3n) is 2.90. The molecule has 4 nitrogen and oxygen atoms in total. The number of amides is 1. The molecule has 0 aliphatic heterocycles. The molecule has 2 aromatic rings. The second kappa shape index (κ2) is 6.54. The lowest BCUT2D eigenvalue weighted by atomic mass is 10.1. The number of nitrogens with two attached hydrogens (primary N) is 1. The van der Waals surface area contributed by atoms with Gasteiger partial charge in [-0.05, 0) is 42.8 Å². The Morgan fingerprint density at radius 1 is 1.05 bits per heavy atom. The van der Waals surface area contributed by atoms with Gasteiger partial charge in [0.25, 0.3) is 5.91 Å². The van der Waals surface area contributed by atoms with Crippen molar-refractivity contribution in [3.63, 3.8) is 0 Å². The van der Waals surface area contributed by atoms with Crippen molar-refractivity contribution in [2.75, 3.05) is 10.7 Å². The number of halogens is 3. The Hall–Kier alpha value is -1.46. The van der Waals surface area contributed by atoms with Crippen molar-refractivity contribution < 1.29 is 4.79 Å². The number of aryl methyl sites for hydroxylation is 1. The Balaban J connectivity index is 2.28. The van der Waals surface area contributed by atoms with E-state index in [2.05, 4.69) is 10.7 Å². The van der Waals surface area contributed by atoms with Gasteiger partial charge in [0.2, 0.25) is 0 Å². The highest BCUT2D eigenvalue weighted by Crippen LogP contribution is 2.32. The number of carbonyl (C=O) groups excluding carboxylic acids is 1. The summed E-state index contributed by atoms with van der Waals surface area (Å²) in [5.74, 6) is 5.03. The molecule has 1 amide bonds. The topological polar surface area (TPSA) is 67.1 Å². The summed E-state index contributed by atoms with van der Waals surface area (Å²) < 4.78 is 0. The van der Waals surface area contributed by atoms with Crippen LogP contribution in [0.4, 0.5) is 11.4 Å². The normalized spacial score (nSPS) is 10.3. The average Bonchev–Trinajstić information content (AvgIpc) is 2.44. The molecule has 110 valence electrons. The highest BCUT2D eigenvalue weighted by atomic mass is 35.5. The fourth-order valence-corrected chi connectivity index (χ4v) is 2.41. The van der Waals surface area contributed by atoms with E-state index in [-0.39, 0.29) is 5.91 Å². The number of rotatable bonds is 3. The van der Waals surface area contributed by atoms with Crippen LogP contribution in [0.15, 0.2) is 30.3 Å². The largest absolute Gasteiger partial charge is 0.324 e. The van der Waals surface area contributed by atoms with Gasteiger partial charge in [-0.2, -0.15) is 0 Å². The molecule has 0 unspecified atom stereocenters. The minimum atomic E-state index is -0.295. The van der Waals surface area contributed by atoms with Crippen molar-refractivity contribution in [2.45, 2.75) is 6.92 Å². The second-order valence-corrected chi connectivity index (χ2v) is 5.60. The number of carbonyl (C=O) groups is 1. The zero-order valence-electron chi connectivity index (χ0n) is 11.0. The summed E-state index contributed by atoms with van der Waals surface area (Å²) in [6, 6.07) is 8.14. The molecular weight excluding hydrogens is 333 g/mol. The van der Waals surface area contributed by atoms with Crippen LogP contribution in [0.5, 0.6) is 0 Å². The molecule has 0 aliphatic carbocycles. The summed E-state index contributed by atoms with van der Waals surface area (Å²) in [6.07, 6.45) is 0. The second-order valence-electron chi connectivity index (χ2n) is 4.37. The van der Waals surface area contributed by atoms with E-state index in [4.69, 9.17) is 40.6 Å². The van der Waals surface area contributed by atoms with E-state index < -0.39 is 0 Å². The predicted molar refractivity (Wildman–Crippen MR) is 88.4 cm³/mol. The molecule has 21 heavy (non-hydrogen) atoms. The summed E-state index contributed by atoms with van der Waals surface area (Å²) in [5.41, 5.74) is 4.93.